The molecule has 154 valence electrons. The molecule has 0 aromatic heterocycles. The molecule has 1 aromatic carbocycles. The van der Waals surface area contributed by atoms with Crippen LogP contribution in [0.2, 0.25) is 0 Å². The van der Waals surface area contributed by atoms with Crippen molar-refractivity contribution in [2.45, 2.75) is 109 Å². The zero-order valence-electron chi connectivity index (χ0n) is 17.3. The maximum atomic E-state index is 10.5. The van der Waals surface area contributed by atoms with Crippen molar-refractivity contribution in [3.05, 3.63) is 29.8 Å². The third-order valence-electron chi connectivity index (χ3n) is 5.48. The molecule has 1 rings (SSSR count). The minimum absolute atomic E-state index is 0.316. The van der Waals surface area contributed by atoms with Gasteiger partial charge in [-0.3, -0.25) is 4.79 Å². The maximum Gasteiger partial charge on any atom is 0.303 e. The quantitative estimate of drug-likeness (QED) is 0.278. The van der Waals surface area contributed by atoms with Crippen LogP contribution in [0.1, 0.15) is 115 Å². The number of carboxylic acids is 1. The van der Waals surface area contributed by atoms with Crippen LogP contribution >= 0.6 is 0 Å². The van der Waals surface area contributed by atoms with Crippen LogP contribution in [-0.2, 0) is 4.79 Å². The first-order valence-corrected chi connectivity index (χ1v) is 11.1. The topological polar surface area (TPSA) is 57.5 Å². The van der Waals surface area contributed by atoms with Crippen molar-refractivity contribution in [2.75, 3.05) is 0 Å². The summed E-state index contributed by atoms with van der Waals surface area (Å²) in [6.07, 6.45) is 17.1. The number of phenols is 1. The van der Waals surface area contributed by atoms with Crippen LogP contribution in [0.25, 0.3) is 0 Å². The van der Waals surface area contributed by atoms with Gasteiger partial charge in [0.1, 0.15) is 5.75 Å². The lowest BCUT2D eigenvalue weighted by molar-refractivity contribution is -0.137. The fourth-order valence-electron chi connectivity index (χ4n) is 3.83. The summed E-state index contributed by atoms with van der Waals surface area (Å²) in [6, 6.07) is 7.86. The monoisotopic (exact) mass is 376 g/mol. The number of hydrogen-bond acceptors (Lipinski definition) is 2. The standard InChI is InChI=1S/C24H40O3/c1-2-3-11-16-21(22-18-14-15-19-23(22)25)17-12-9-7-5-4-6-8-10-13-20-24(26)27/h14-15,18-19,21,25H,2-13,16-17,20H2,1H3,(H,26,27). The van der Waals surface area contributed by atoms with Crippen LogP contribution in [0.5, 0.6) is 5.75 Å². The molecule has 0 heterocycles. The molecule has 0 radical (unpaired) electrons. The normalized spacial score (nSPS) is 12.2. The van der Waals surface area contributed by atoms with E-state index in [4.69, 9.17) is 5.11 Å². The van der Waals surface area contributed by atoms with Gasteiger partial charge in [0, 0.05) is 6.42 Å². The summed E-state index contributed by atoms with van der Waals surface area (Å²) in [7, 11) is 0. The van der Waals surface area contributed by atoms with Gasteiger partial charge >= 0.3 is 5.97 Å². The van der Waals surface area contributed by atoms with Gasteiger partial charge < -0.3 is 10.2 Å². The lowest BCUT2D eigenvalue weighted by atomic mass is 9.87. The first-order chi connectivity index (χ1) is 13.1. The molecular formula is C24H40O3. The first-order valence-electron chi connectivity index (χ1n) is 11.1. The number of carboxylic acid groups (broad SMARTS) is 1. The van der Waals surface area contributed by atoms with Gasteiger partial charge in [0.25, 0.3) is 0 Å². The van der Waals surface area contributed by atoms with E-state index in [-0.39, 0.29) is 0 Å². The van der Waals surface area contributed by atoms with Gasteiger partial charge in [0.2, 0.25) is 0 Å². The second-order valence-corrected chi connectivity index (χ2v) is 7.87. The van der Waals surface area contributed by atoms with Crippen molar-refractivity contribution in [1.82, 2.24) is 0 Å². The number of aromatic hydroxyl groups is 1. The number of para-hydroxylation sites is 1. The van der Waals surface area contributed by atoms with Crippen LogP contribution in [-0.4, -0.2) is 16.2 Å². The van der Waals surface area contributed by atoms with Crippen LogP contribution in [0.3, 0.4) is 0 Å². The molecule has 0 saturated heterocycles. The second kappa shape index (κ2) is 15.5. The number of hydrogen-bond donors (Lipinski definition) is 2. The molecule has 27 heavy (non-hydrogen) atoms. The fraction of sp³-hybridized carbons (Fsp3) is 0.708. The number of unbranched alkanes of at least 4 members (excludes halogenated alkanes) is 10. The minimum atomic E-state index is -0.674. The van der Waals surface area contributed by atoms with Gasteiger partial charge in [-0.25, -0.2) is 0 Å². The number of carbonyl (C=O) groups is 1. The number of phenolic OH excluding ortho intramolecular Hbond substituents is 1. The van der Waals surface area contributed by atoms with E-state index in [1.165, 1.54) is 77.0 Å². The van der Waals surface area contributed by atoms with E-state index in [9.17, 15) is 9.90 Å². The summed E-state index contributed by atoms with van der Waals surface area (Å²) >= 11 is 0. The number of rotatable bonds is 17. The predicted octanol–water partition coefficient (Wildman–Crippen LogP) is 7.43. The Labute approximate surface area is 166 Å². The molecule has 0 saturated carbocycles. The number of benzene rings is 1. The summed E-state index contributed by atoms with van der Waals surface area (Å²) in [5.74, 6) is 0.278. The van der Waals surface area contributed by atoms with E-state index in [2.05, 4.69) is 13.0 Å². The highest BCUT2D eigenvalue weighted by Crippen LogP contribution is 2.33. The van der Waals surface area contributed by atoms with Crippen LogP contribution < -0.4 is 0 Å². The van der Waals surface area contributed by atoms with Gasteiger partial charge in [-0.2, -0.15) is 0 Å². The Kier molecular flexibility index (Phi) is 13.5. The molecule has 0 spiro atoms. The molecule has 0 fully saturated rings. The summed E-state index contributed by atoms with van der Waals surface area (Å²) in [4.78, 5) is 10.5. The molecule has 0 amide bonds. The molecule has 1 atom stereocenters. The molecule has 2 N–H and O–H groups in total. The Hall–Kier alpha value is -1.51. The molecule has 1 unspecified atom stereocenters. The van der Waals surface area contributed by atoms with Crippen molar-refractivity contribution < 1.29 is 15.0 Å². The summed E-state index contributed by atoms with van der Waals surface area (Å²) in [6.45, 7) is 2.24. The van der Waals surface area contributed by atoms with E-state index in [1.54, 1.807) is 0 Å². The molecule has 0 aliphatic carbocycles. The molecule has 3 nitrogen and oxygen atoms in total. The van der Waals surface area contributed by atoms with Crippen LogP contribution in [0.4, 0.5) is 0 Å². The molecular weight excluding hydrogens is 336 g/mol. The van der Waals surface area contributed by atoms with E-state index in [1.807, 2.05) is 18.2 Å². The Morgan fingerprint density at radius 3 is 1.89 bits per heavy atom. The SMILES string of the molecule is CCCCCC(CCCCCCCCCCCC(=O)O)c1ccccc1O. The smallest absolute Gasteiger partial charge is 0.303 e. The van der Waals surface area contributed by atoms with Crippen LogP contribution in [0, 0.1) is 0 Å². The zero-order chi connectivity index (χ0) is 19.7. The van der Waals surface area contributed by atoms with Gasteiger partial charge in [-0.15, -0.1) is 0 Å². The highest BCUT2D eigenvalue weighted by molar-refractivity contribution is 5.66. The Morgan fingerprint density at radius 1 is 0.815 bits per heavy atom. The summed E-state index contributed by atoms with van der Waals surface area (Å²) in [5.41, 5.74) is 1.13. The highest BCUT2D eigenvalue weighted by atomic mass is 16.4. The molecule has 0 bridgehead atoms. The van der Waals surface area contributed by atoms with E-state index < -0.39 is 5.97 Å². The van der Waals surface area contributed by atoms with Crippen molar-refractivity contribution in [2.24, 2.45) is 0 Å². The highest BCUT2D eigenvalue weighted by Gasteiger charge is 2.14. The maximum absolute atomic E-state index is 10.5. The van der Waals surface area contributed by atoms with Crippen molar-refractivity contribution >= 4 is 5.97 Å². The van der Waals surface area contributed by atoms with Crippen molar-refractivity contribution in [3.8, 4) is 5.75 Å². The minimum Gasteiger partial charge on any atom is -0.508 e. The lowest BCUT2D eigenvalue weighted by Gasteiger charge is -2.18. The average Bonchev–Trinajstić information content (AvgIpc) is 2.65. The Balaban J connectivity index is 2.15. The first kappa shape index (κ1) is 23.5. The van der Waals surface area contributed by atoms with E-state index in [0.29, 0.717) is 18.1 Å². The molecule has 0 aliphatic heterocycles. The van der Waals surface area contributed by atoms with Gasteiger partial charge in [0.15, 0.2) is 0 Å². The third kappa shape index (κ3) is 11.7. The van der Waals surface area contributed by atoms with Gasteiger partial charge in [-0.1, -0.05) is 95.8 Å². The van der Waals surface area contributed by atoms with E-state index >= 15 is 0 Å². The summed E-state index contributed by atoms with van der Waals surface area (Å²) in [5, 5.41) is 18.8. The second-order valence-electron chi connectivity index (χ2n) is 7.87. The Morgan fingerprint density at radius 2 is 1.33 bits per heavy atom. The summed E-state index contributed by atoms with van der Waals surface area (Å²) < 4.78 is 0. The third-order valence-corrected chi connectivity index (χ3v) is 5.48. The van der Waals surface area contributed by atoms with Crippen LogP contribution in [0.15, 0.2) is 24.3 Å². The predicted molar refractivity (Wildman–Crippen MR) is 113 cm³/mol. The van der Waals surface area contributed by atoms with Crippen molar-refractivity contribution in [1.29, 1.82) is 0 Å². The molecule has 3 heteroatoms. The average molecular weight is 377 g/mol. The molecule has 0 aliphatic rings. The number of aliphatic carboxylic acids is 1. The van der Waals surface area contributed by atoms with Gasteiger partial charge in [0.05, 0.1) is 0 Å². The Bertz CT molecular complexity index is 498. The van der Waals surface area contributed by atoms with Crippen molar-refractivity contribution in [3.63, 3.8) is 0 Å². The fourth-order valence-corrected chi connectivity index (χ4v) is 3.83. The van der Waals surface area contributed by atoms with E-state index in [0.717, 1.165) is 18.4 Å². The molecule has 1 aromatic rings. The largest absolute Gasteiger partial charge is 0.508 e. The van der Waals surface area contributed by atoms with Gasteiger partial charge in [-0.05, 0) is 36.8 Å². The lowest BCUT2D eigenvalue weighted by Crippen LogP contribution is -2.00. The zero-order valence-corrected chi connectivity index (χ0v) is 17.3.